The van der Waals surface area contributed by atoms with E-state index in [0.29, 0.717) is 33.4 Å². The summed E-state index contributed by atoms with van der Waals surface area (Å²) in [5.41, 5.74) is 0.843. The van der Waals surface area contributed by atoms with Gasteiger partial charge >= 0.3 is 23.9 Å². The maximum absolute atomic E-state index is 11.8. The normalized spacial score (nSPS) is 22.8. The van der Waals surface area contributed by atoms with Crippen molar-refractivity contribution in [1.82, 2.24) is 0 Å². The molecule has 2 aliphatic heterocycles. The molecule has 2 aromatic rings. The fourth-order valence-electron chi connectivity index (χ4n) is 3.94. The summed E-state index contributed by atoms with van der Waals surface area (Å²) in [5, 5.41) is 1.21. The zero-order valence-corrected chi connectivity index (χ0v) is 17.7. The van der Waals surface area contributed by atoms with Crippen LogP contribution < -0.4 is 9.47 Å². The van der Waals surface area contributed by atoms with E-state index in [1.54, 1.807) is 24.3 Å². The molecule has 0 saturated carbocycles. The molecule has 2 aromatic carbocycles. The van der Waals surface area contributed by atoms with E-state index in [4.69, 9.17) is 28.4 Å². The second-order valence-electron chi connectivity index (χ2n) is 7.30. The Hall–Kier alpha value is -3.82. The van der Waals surface area contributed by atoms with Gasteiger partial charge in [-0.25, -0.2) is 0 Å². The summed E-state index contributed by atoms with van der Waals surface area (Å²) in [6, 6.07) is 6.81. The molecule has 0 saturated heterocycles. The van der Waals surface area contributed by atoms with Gasteiger partial charge in [0.05, 0.1) is 11.1 Å². The Bertz CT molecular complexity index is 1050. The Morgan fingerprint density at radius 2 is 1.00 bits per heavy atom. The van der Waals surface area contributed by atoms with Crippen LogP contribution in [0.1, 0.15) is 51.0 Å². The Morgan fingerprint density at radius 3 is 1.34 bits per heavy atom. The number of hydrogen-bond acceptors (Lipinski definition) is 10. The molecule has 32 heavy (non-hydrogen) atoms. The van der Waals surface area contributed by atoms with Crippen LogP contribution in [0.4, 0.5) is 0 Å². The van der Waals surface area contributed by atoms with Crippen molar-refractivity contribution in [2.45, 2.75) is 52.5 Å². The molecule has 0 spiro atoms. The van der Waals surface area contributed by atoms with Crippen molar-refractivity contribution in [1.29, 1.82) is 0 Å². The summed E-state index contributed by atoms with van der Waals surface area (Å²) < 4.78 is 32.8. The molecule has 10 nitrogen and oxygen atoms in total. The molecule has 4 unspecified atom stereocenters. The number of hydrogen-bond donors (Lipinski definition) is 0. The zero-order chi connectivity index (χ0) is 23.2. The molecule has 2 heterocycles. The number of benzene rings is 2. The van der Waals surface area contributed by atoms with E-state index in [1.165, 1.54) is 27.7 Å². The van der Waals surface area contributed by atoms with E-state index in [0.717, 1.165) is 0 Å². The Balaban J connectivity index is 1.92. The third kappa shape index (κ3) is 3.79. The highest BCUT2D eigenvalue weighted by Crippen LogP contribution is 2.51. The highest BCUT2D eigenvalue weighted by molar-refractivity contribution is 5.94. The number of ether oxygens (including phenoxy) is 6. The summed E-state index contributed by atoms with van der Waals surface area (Å²) in [4.78, 5) is 46.8. The van der Waals surface area contributed by atoms with Crippen LogP contribution in [0.2, 0.25) is 0 Å². The largest absolute Gasteiger partial charge is 0.450 e. The second kappa shape index (κ2) is 8.03. The minimum absolute atomic E-state index is 0.320. The number of carbonyl (C=O) groups excluding carboxylic acids is 4. The third-order valence-electron chi connectivity index (χ3n) is 4.89. The molecule has 10 heteroatoms. The number of esters is 4. The van der Waals surface area contributed by atoms with Gasteiger partial charge in [0.15, 0.2) is 0 Å². The maximum atomic E-state index is 11.8. The lowest BCUT2D eigenvalue weighted by Crippen LogP contribution is -2.28. The van der Waals surface area contributed by atoms with Crippen LogP contribution >= 0.6 is 0 Å². The minimum Gasteiger partial charge on any atom is -0.450 e. The zero-order valence-electron chi connectivity index (χ0n) is 17.7. The van der Waals surface area contributed by atoms with Gasteiger partial charge in [-0.1, -0.05) is 12.1 Å². The van der Waals surface area contributed by atoms with Crippen LogP contribution in [0.25, 0.3) is 10.8 Å². The number of fused-ring (bicyclic) bond motifs is 5. The van der Waals surface area contributed by atoms with Gasteiger partial charge in [-0.2, -0.15) is 0 Å². The first-order valence-electron chi connectivity index (χ1n) is 9.77. The first-order chi connectivity index (χ1) is 15.2. The number of carbonyl (C=O) groups is 4. The highest BCUT2D eigenvalue weighted by Gasteiger charge is 2.46. The number of rotatable bonds is 4. The monoisotopic (exact) mass is 444 g/mol. The molecule has 0 aliphatic carbocycles. The van der Waals surface area contributed by atoms with Crippen molar-refractivity contribution in [3.05, 3.63) is 35.4 Å². The Kier molecular flexibility index (Phi) is 5.37. The van der Waals surface area contributed by atoms with E-state index in [9.17, 15) is 19.2 Å². The second-order valence-corrected chi connectivity index (χ2v) is 7.30. The van der Waals surface area contributed by atoms with E-state index >= 15 is 0 Å². The van der Waals surface area contributed by atoms with Crippen molar-refractivity contribution >= 4 is 34.6 Å². The van der Waals surface area contributed by atoms with Gasteiger partial charge in [0.2, 0.25) is 12.2 Å². The molecule has 0 N–H and O–H groups in total. The average molecular weight is 444 g/mol. The van der Waals surface area contributed by atoms with Crippen LogP contribution in [0.3, 0.4) is 0 Å². The maximum Gasteiger partial charge on any atom is 0.305 e. The molecular formula is C22H20O10. The molecule has 0 aromatic heterocycles. The van der Waals surface area contributed by atoms with Crippen LogP contribution in [0.15, 0.2) is 24.3 Å². The molecule has 0 amide bonds. The standard InChI is InChI=1S/C22H20O10/c1-9(23)27-19-17-14(31-21(19)29-11(3)25)7-5-13-6-8-15-18(16(13)17)20(28-10(2)24)22(32-15)30-12(4)26/h5-8,19-22H,1-4H3. The lowest BCUT2D eigenvalue weighted by molar-refractivity contribution is -0.184. The molecular weight excluding hydrogens is 424 g/mol. The minimum atomic E-state index is -1.20. The lowest BCUT2D eigenvalue weighted by atomic mass is 9.93. The van der Waals surface area contributed by atoms with Crippen LogP contribution in [-0.2, 0) is 38.1 Å². The van der Waals surface area contributed by atoms with E-state index in [-0.39, 0.29) is 0 Å². The van der Waals surface area contributed by atoms with Gasteiger partial charge in [-0.15, -0.1) is 0 Å². The van der Waals surface area contributed by atoms with Crippen LogP contribution in [-0.4, -0.2) is 36.5 Å². The SMILES string of the molecule is CC(=O)OC1Oc2ccc3ccc4c(c3c2C1OC(C)=O)C(OC(C)=O)C(OC(C)=O)O4. The van der Waals surface area contributed by atoms with Crippen molar-refractivity contribution in [2.24, 2.45) is 0 Å². The first-order valence-corrected chi connectivity index (χ1v) is 9.77. The van der Waals surface area contributed by atoms with Gasteiger partial charge in [0.1, 0.15) is 11.5 Å². The molecule has 0 bridgehead atoms. The van der Waals surface area contributed by atoms with Crippen molar-refractivity contribution in [2.75, 3.05) is 0 Å². The average Bonchev–Trinajstić information content (AvgIpc) is 3.18. The van der Waals surface area contributed by atoms with E-state index in [2.05, 4.69) is 0 Å². The molecule has 2 aliphatic rings. The van der Waals surface area contributed by atoms with Crippen molar-refractivity contribution < 1.29 is 47.6 Å². The smallest absolute Gasteiger partial charge is 0.305 e. The summed E-state index contributed by atoms with van der Waals surface area (Å²) in [5.74, 6) is -1.82. The van der Waals surface area contributed by atoms with E-state index in [1.807, 2.05) is 0 Å². The van der Waals surface area contributed by atoms with Gasteiger partial charge in [-0.05, 0) is 17.5 Å². The van der Waals surface area contributed by atoms with Crippen LogP contribution in [0.5, 0.6) is 11.5 Å². The lowest BCUT2D eigenvalue weighted by Gasteiger charge is -2.20. The molecule has 168 valence electrons. The molecule has 0 radical (unpaired) electrons. The first kappa shape index (κ1) is 21.4. The Morgan fingerprint density at radius 1 is 0.625 bits per heavy atom. The van der Waals surface area contributed by atoms with Gasteiger partial charge < -0.3 is 28.4 Å². The summed E-state index contributed by atoms with van der Waals surface area (Å²) >= 11 is 0. The fourth-order valence-corrected chi connectivity index (χ4v) is 3.94. The third-order valence-corrected chi connectivity index (χ3v) is 4.89. The summed E-state index contributed by atoms with van der Waals surface area (Å²) in [7, 11) is 0. The highest BCUT2D eigenvalue weighted by atomic mass is 16.7. The molecule has 4 atom stereocenters. The van der Waals surface area contributed by atoms with Gasteiger partial charge in [-0.3, -0.25) is 19.2 Å². The molecule has 4 rings (SSSR count). The van der Waals surface area contributed by atoms with Gasteiger partial charge in [0, 0.05) is 33.1 Å². The Labute approximate surface area is 182 Å². The van der Waals surface area contributed by atoms with Crippen molar-refractivity contribution in [3.8, 4) is 11.5 Å². The van der Waals surface area contributed by atoms with Crippen molar-refractivity contribution in [3.63, 3.8) is 0 Å². The predicted octanol–water partition coefficient (Wildman–Crippen LogP) is 2.61. The molecule has 0 fully saturated rings. The van der Waals surface area contributed by atoms with Crippen LogP contribution in [0, 0.1) is 0 Å². The van der Waals surface area contributed by atoms with Gasteiger partial charge in [0.25, 0.3) is 12.6 Å². The van der Waals surface area contributed by atoms with E-state index < -0.39 is 48.7 Å². The summed E-state index contributed by atoms with van der Waals surface area (Å²) in [6.45, 7) is 4.86. The quantitative estimate of drug-likeness (QED) is 0.513. The fraction of sp³-hybridized carbons (Fsp3) is 0.364. The predicted molar refractivity (Wildman–Crippen MR) is 105 cm³/mol. The summed E-state index contributed by atoms with van der Waals surface area (Å²) in [6.07, 6.45) is -4.56. The topological polar surface area (TPSA) is 124 Å².